The van der Waals surface area contributed by atoms with E-state index < -0.39 is 0 Å². The molecule has 34 heavy (non-hydrogen) atoms. The summed E-state index contributed by atoms with van der Waals surface area (Å²) in [6.45, 7) is 4.76. The van der Waals surface area contributed by atoms with Gasteiger partial charge >= 0.3 is 0 Å². The summed E-state index contributed by atoms with van der Waals surface area (Å²) in [5.74, 6) is 1.27. The highest BCUT2D eigenvalue weighted by molar-refractivity contribution is 5.79. The van der Waals surface area contributed by atoms with Crippen molar-refractivity contribution in [2.75, 3.05) is 31.1 Å². The number of amides is 1. The predicted molar refractivity (Wildman–Crippen MR) is 135 cm³/mol. The van der Waals surface area contributed by atoms with E-state index in [9.17, 15) is 4.79 Å². The lowest BCUT2D eigenvalue weighted by Crippen LogP contribution is -2.48. The third-order valence-electron chi connectivity index (χ3n) is 7.09. The normalized spacial score (nSPS) is 18.1. The molecule has 0 radical (unpaired) electrons. The van der Waals surface area contributed by atoms with Crippen LogP contribution < -0.4 is 10.2 Å². The van der Waals surface area contributed by atoms with Gasteiger partial charge in [-0.15, -0.1) is 0 Å². The molecular weight excluding hydrogens is 422 g/mol. The molecule has 0 atom stereocenters. The van der Waals surface area contributed by atoms with Gasteiger partial charge in [-0.25, -0.2) is 9.97 Å². The monoisotopic (exact) mass is 455 g/mol. The Kier molecular flexibility index (Phi) is 7.15. The number of nitrogens with zero attached hydrogens (tertiary/aromatic N) is 4. The molecule has 5 rings (SSSR count). The van der Waals surface area contributed by atoms with Crippen molar-refractivity contribution in [3.05, 3.63) is 78.6 Å². The average Bonchev–Trinajstić information content (AvgIpc) is 2.91. The van der Waals surface area contributed by atoms with Crippen molar-refractivity contribution < 1.29 is 4.79 Å². The first-order valence-electron chi connectivity index (χ1n) is 12.4. The Balaban J connectivity index is 1.08. The van der Waals surface area contributed by atoms with Gasteiger partial charge in [0.05, 0.1) is 5.69 Å². The fourth-order valence-electron chi connectivity index (χ4n) is 5.05. The zero-order chi connectivity index (χ0) is 23.2. The molecule has 0 unspecified atom stereocenters. The highest BCUT2D eigenvalue weighted by Crippen LogP contribution is 2.25. The Bertz CT molecular complexity index is 1060. The van der Waals surface area contributed by atoms with Crippen molar-refractivity contribution in [1.29, 1.82) is 0 Å². The van der Waals surface area contributed by atoms with E-state index in [0.717, 1.165) is 75.5 Å². The van der Waals surface area contributed by atoms with Gasteiger partial charge in [0.15, 0.2) is 0 Å². The molecule has 3 aromatic rings. The van der Waals surface area contributed by atoms with Crippen LogP contribution in [0.5, 0.6) is 0 Å². The molecule has 0 saturated carbocycles. The van der Waals surface area contributed by atoms with Crippen LogP contribution in [0.2, 0.25) is 0 Å². The Labute approximate surface area is 202 Å². The molecule has 1 amide bonds. The third kappa shape index (κ3) is 5.62. The highest BCUT2D eigenvalue weighted by Gasteiger charge is 2.28. The summed E-state index contributed by atoms with van der Waals surface area (Å²) >= 11 is 0. The fraction of sp³-hybridized carbons (Fsp3) is 0.393. The summed E-state index contributed by atoms with van der Waals surface area (Å²) in [7, 11) is 0. The summed E-state index contributed by atoms with van der Waals surface area (Å²) in [5, 5.41) is 3.35. The van der Waals surface area contributed by atoms with Crippen LogP contribution in [0.1, 0.15) is 31.2 Å². The second-order valence-corrected chi connectivity index (χ2v) is 9.43. The van der Waals surface area contributed by atoms with Gasteiger partial charge in [-0.1, -0.05) is 60.7 Å². The summed E-state index contributed by atoms with van der Waals surface area (Å²) in [4.78, 5) is 26.7. The Morgan fingerprint density at radius 1 is 0.853 bits per heavy atom. The number of nitrogens with one attached hydrogen (secondary N) is 1. The Morgan fingerprint density at radius 3 is 2.24 bits per heavy atom. The van der Waals surface area contributed by atoms with E-state index in [2.05, 4.69) is 73.6 Å². The van der Waals surface area contributed by atoms with Crippen LogP contribution in [0.15, 0.2) is 73.1 Å². The molecule has 2 aliphatic heterocycles. The van der Waals surface area contributed by atoms with E-state index >= 15 is 0 Å². The molecule has 6 nitrogen and oxygen atoms in total. The second-order valence-electron chi connectivity index (χ2n) is 9.43. The largest absolute Gasteiger partial charge is 0.356 e. The van der Waals surface area contributed by atoms with Gasteiger partial charge in [0.25, 0.3) is 0 Å². The minimum atomic E-state index is 0.0917. The first-order valence-corrected chi connectivity index (χ1v) is 12.4. The number of likely N-dealkylation sites (tertiary alicyclic amines) is 1. The molecule has 2 aromatic carbocycles. The number of hydrogen-bond donors (Lipinski definition) is 1. The molecule has 0 spiro atoms. The smallest absolute Gasteiger partial charge is 0.223 e. The molecule has 176 valence electrons. The van der Waals surface area contributed by atoms with Crippen LogP contribution in [-0.2, 0) is 11.3 Å². The Hall–Kier alpha value is -3.25. The van der Waals surface area contributed by atoms with E-state index in [1.807, 2.05) is 18.2 Å². The topological polar surface area (TPSA) is 61.4 Å². The molecule has 6 heteroatoms. The minimum absolute atomic E-state index is 0.0917. The van der Waals surface area contributed by atoms with Crippen LogP contribution in [0, 0.1) is 5.92 Å². The number of hydrogen-bond acceptors (Lipinski definition) is 5. The van der Waals surface area contributed by atoms with Crippen molar-refractivity contribution >= 4 is 11.7 Å². The number of carbonyl (C=O) groups excluding carboxylic acids is 1. The summed E-state index contributed by atoms with van der Waals surface area (Å²) < 4.78 is 0. The summed E-state index contributed by atoms with van der Waals surface area (Å²) in [6.07, 6.45) is 5.43. The van der Waals surface area contributed by atoms with Crippen LogP contribution >= 0.6 is 0 Å². The first kappa shape index (κ1) is 22.5. The zero-order valence-corrected chi connectivity index (χ0v) is 19.6. The summed E-state index contributed by atoms with van der Waals surface area (Å²) in [6, 6.07) is 23.2. The van der Waals surface area contributed by atoms with Gasteiger partial charge in [-0.2, -0.15) is 0 Å². The maximum atomic E-state index is 13.0. The van der Waals surface area contributed by atoms with Gasteiger partial charge in [-0.3, -0.25) is 9.69 Å². The van der Waals surface area contributed by atoms with Gasteiger partial charge in [-0.05, 0) is 31.2 Å². The van der Waals surface area contributed by atoms with E-state index in [4.69, 9.17) is 0 Å². The SMILES string of the molecule is O=C(NC1CCN(Cc2ccccc2)CC1)C1CCN(c2cc(-c3ccccc3)ncn2)CC1. The zero-order valence-electron chi connectivity index (χ0n) is 19.6. The van der Waals surface area contributed by atoms with Crippen molar-refractivity contribution in [2.24, 2.45) is 5.92 Å². The molecule has 0 bridgehead atoms. The molecule has 1 N–H and O–H groups in total. The standard InChI is InChI=1S/C28H33N5O/c34-28(31-25-13-15-32(16-14-25)20-22-7-3-1-4-8-22)24-11-17-33(18-12-24)27-19-26(29-21-30-27)23-9-5-2-6-10-23/h1-10,19,21,24-25H,11-18,20H2,(H,31,34). The molecule has 3 heterocycles. The number of anilines is 1. The van der Waals surface area contributed by atoms with E-state index in [1.54, 1.807) is 6.33 Å². The van der Waals surface area contributed by atoms with E-state index in [1.165, 1.54) is 5.56 Å². The lowest BCUT2D eigenvalue weighted by Gasteiger charge is -2.35. The van der Waals surface area contributed by atoms with Crippen LogP contribution in [0.4, 0.5) is 5.82 Å². The predicted octanol–water partition coefficient (Wildman–Crippen LogP) is 4.14. The van der Waals surface area contributed by atoms with Crippen LogP contribution in [-0.4, -0.2) is 53.0 Å². The molecule has 1 aromatic heterocycles. The number of rotatable bonds is 6. The van der Waals surface area contributed by atoms with Crippen molar-refractivity contribution in [3.63, 3.8) is 0 Å². The van der Waals surface area contributed by atoms with Crippen molar-refractivity contribution in [1.82, 2.24) is 20.2 Å². The Morgan fingerprint density at radius 2 is 1.53 bits per heavy atom. The average molecular weight is 456 g/mol. The third-order valence-corrected chi connectivity index (χ3v) is 7.09. The maximum Gasteiger partial charge on any atom is 0.223 e. The second kappa shape index (κ2) is 10.8. The number of benzene rings is 2. The van der Waals surface area contributed by atoms with E-state index in [-0.39, 0.29) is 11.8 Å². The highest BCUT2D eigenvalue weighted by atomic mass is 16.2. The van der Waals surface area contributed by atoms with Crippen LogP contribution in [0.25, 0.3) is 11.3 Å². The molecule has 2 saturated heterocycles. The first-order chi connectivity index (χ1) is 16.7. The number of aromatic nitrogens is 2. The number of carbonyl (C=O) groups is 1. The summed E-state index contributed by atoms with van der Waals surface area (Å²) in [5.41, 5.74) is 3.38. The van der Waals surface area contributed by atoms with Crippen LogP contribution in [0.3, 0.4) is 0 Å². The number of piperidine rings is 2. The van der Waals surface area contributed by atoms with Crippen molar-refractivity contribution in [2.45, 2.75) is 38.3 Å². The molecular formula is C28H33N5O. The van der Waals surface area contributed by atoms with Gasteiger partial charge < -0.3 is 10.2 Å². The lowest BCUT2D eigenvalue weighted by atomic mass is 9.94. The van der Waals surface area contributed by atoms with Gasteiger partial charge in [0, 0.05) is 56.3 Å². The fourth-order valence-corrected chi connectivity index (χ4v) is 5.05. The van der Waals surface area contributed by atoms with Crippen molar-refractivity contribution in [3.8, 4) is 11.3 Å². The lowest BCUT2D eigenvalue weighted by molar-refractivity contribution is -0.126. The molecule has 2 aliphatic rings. The molecule has 2 fully saturated rings. The minimum Gasteiger partial charge on any atom is -0.356 e. The quantitative estimate of drug-likeness (QED) is 0.605. The molecule has 0 aliphatic carbocycles. The van der Waals surface area contributed by atoms with E-state index in [0.29, 0.717) is 6.04 Å². The maximum absolute atomic E-state index is 13.0. The van der Waals surface area contributed by atoms with Gasteiger partial charge in [0.2, 0.25) is 5.91 Å². The van der Waals surface area contributed by atoms with Gasteiger partial charge in [0.1, 0.15) is 12.1 Å².